The van der Waals surface area contributed by atoms with Crippen molar-refractivity contribution < 1.29 is 74.0 Å². The van der Waals surface area contributed by atoms with Gasteiger partial charge in [0.1, 0.15) is 0 Å². The number of aliphatic carboxylic acids is 3. The minimum absolute atomic E-state index is 0.00171. The van der Waals surface area contributed by atoms with Crippen molar-refractivity contribution in [2.75, 3.05) is 45.8 Å². The smallest absolute Gasteiger partial charge is 0.475 e. The summed E-state index contributed by atoms with van der Waals surface area (Å²) < 4.78 is 95.2. The van der Waals surface area contributed by atoms with E-state index in [0.29, 0.717) is 44.7 Å². The Hall–Kier alpha value is -4.88. The summed E-state index contributed by atoms with van der Waals surface area (Å²) in [5.74, 6) is -3.27. The second-order valence-electron chi connectivity index (χ2n) is 18.7. The van der Waals surface area contributed by atoms with E-state index in [-0.39, 0.29) is 29.8 Å². The maximum absolute atomic E-state index is 12.6. The summed E-state index contributed by atoms with van der Waals surface area (Å²) in [4.78, 5) is 45.0. The summed E-state index contributed by atoms with van der Waals surface area (Å²) in [6.07, 6.45) is 1.41. The Bertz CT molecular complexity index is 1740. The molecule has 0 bridgehead atoms. The number of aliphatic imine (C=N–C) groups is 1. The maximum Gasteiger partial charge on any atom is 0.490 e. The van der Waals surface area contributed by atoms with Crippen molar-refractivity contribution in [3.8, 4) is 0 Å². The molecule has 0 aromatic rings. The van der Waals surface area contributed by atoms with Gasteiger partial charge in [-0.25, -0.2) is 19.8 Å². The van der Waals surface area contributed by atoms with Crippen molar-refractivity contribution in [2.45, 2.75) is 124 Å². The van der Waals surface area contributed by atoms with Crippen LogP contribution >= 0.6 is 0 Å². The molecular weight excluding hydrogens is 940 g/mol. The number of hydrazone groups is 1. The van der Waals surface area contributed by atoms with E-state index in [4.69, 9.17) is 52.3 Å². The number of hydrogen-bond donors (Lipinski definition) is 10. The number of amides is 1. The Morgan fingerprint density at radius 1 is 0.783 bits per heavy atom. The number of fused-ring (bicyclic) bond motifs is 5. The molecule has 0 heterocycles. The molecule has 1 amide bonds. The SMILES string of the molecule is CC(C)CCC[C@@H](C)[C@H]1CC[C@H]2[C@@H]3CCC4=C/C(=N\NC(=O)CNCCN(CCNCCN=C(N)N)C(=N)N)CC[C@]4(C)[C@H]3CC[C@]12C.O=C(O)C(F)(F)F.O=C(O)C(F)(F)F.O=C(O)C(F)(F)F. The molecule has 0 radical (unpaired) electrons. The van der Waals surface area contributed by atoms with Crippen molar-refractivity contribution in [1.82, 2.24) is 21.0 Å². The third kappa shape index (κ3) is 20.9. The molecule has 0 saturated heterocycles. The molecule has 0 unspecified atom stereocenters. The molecule has 17 nitrogen and oxygen atoms in total. The summed E-state index contributed by atoms with van der Waals surface area (Å²) >= 11 is 0. The second-order valence-corrected chi connectivity index (χ2v) is 18.7. The van der Waals surface area contributed by atoms with Gasteiger partial charge in [0.05, 0.1) is 18.8 Å². The first-order valence-electron chi connectivity index (χ1n) is 22.7. The topological polar surface area (TPSA) is 295 Å². The highest BCUT2D eigenvalue weighted by molar-refractivity contribution is 5.97. The first kappa shape index (κ1) is 62.1. The van der Waals surface area contributed by atoms with Gasteiger partial charge in [0.2, 0.25) is 0 Å². The molecule has 4 aliphatic carbocycles. The van der Waals surface area contributed by atoms with E-state index in [0.717, 1.165) is 54.1 Å². The number of alkyl halides is 9. The number of halogens is 9. The minimum atomic E-state index is -5.08. The lowest BCUT2D eigenvalue weighted by Crippen LogP contribution is -2.51. The van der Waals surface area contributed by atoms with Crippen molar-refractivity contribution in [1.29, 1.82) is 5.41 Å². The largest absolute Gasteiger partial charge is 0.490 e. The lowest BCUT2D eigenvalue weighted by molar-refractivity contribution is -0.193. The van der Waals surface area contributed by atoms with Crippen LogP contribution in [0.4, 0.5) is 39.5 Å². The molecule has 398 valence electrons. The average molecular weight is 1010 g/mol. The maximum atomic E-state index is 12.6. The quantitative estimate of drug-likeness (QED) is 0.0261. The Labute approximate surface area is 396 Å². The number of nitrogens with one attached hydrogen (secondary N) is 4. The third-order valence-corrected chi connectivity index (χ3v) is 13.6. The predicted octanol–water partition coefficient (Wildman–Crippen LogP) is 6.05. The van der Waals surface area contributed by atoms with Crippen LogP contribution < -0.4 is 33.3 Å². The number of carboxylic acids is 3. The highest BCUT2D eigenvalue weighted by Gasteiger charge is 2.59. The van der Waals surface area contributed by atoms with Crippen LogP contribution in [0.5, 0.6) is 0 Å². The van der Waals surface area contributed by atoms with Gasteiger partial charge in [0.15, 0.2) is 11.9 Å². The first-order chi connectivity index (χ1) is 31.7. The van der Waals surface area contributed by atoms with Crippen LogP contribution in [0.2, 0.25) is 0 Å². The zero-order chi connectivity index (χ0) is 53.1. The van der Waals surface area contributed by atoms with Crippen molar-refractivity contribution in [2.24, 2.45) is 73.6 Å². The standard InChI is InChI=1S/C37H68N10O.3C2HF3O2/c1-25(2)7-6-8-26(3)30-11-12-31-29-10-9-27-23-28(13-15-36(27,4)32(29)14-16-37(30,31)5)45-46-33(48)24-43-20-22-47(35(40)41)21-19-42-17-18-44-34(38)39;3*3-2(4,5)1(6)7/h23,25-26,29-32,42-43H,6-22,24H2,1-5H3,(H3,40,41)(H,46,48)(H4,38,39,44);3*(H,6,7)/b45-28-;;;/t26-,29+,30-,31+,32+,36+,37-;;;/m1.../s1. The average Bonchev–Trinajstić information content (AvgIpc) is 3.58. The van der Waals surface area contributed by atoms with E-state index in [1.54, 1.807) is 10.5 Å². The van der Waals surface area contributed by atoms with Gasteiger partial charge >= 0.3 is 36.4 Å². The molecule has 4 aliphatic rings. The fourth-order valence-electron chi connectivity index (χ4n) is 10.2. The lowest BCUT2D eigenvalue weighted by atomic mass is 9.46. The monoisotopic (exact) mass is 1010 g/mol. The van der Waals surface area contributed by atoms with Gasteiger partial charge in [-0.1, -0.05) is 59.5 Å². The fourth-order valence-corrected chi connectivity index (χ4v) is 10.2. The number of guanidine groups is 2. The Balaban J connectivity index is 0.000000938. The number of carbonyl (C=O) groups is 4. The highest BCUT2D eigenvalue weighted by Crippen LogP contribution is 2.67. The summed E-state index contributed by atoms with van der Waals surface area (Å²) in [6, 6.07) is 0. The van der Waals surface area contributed by atoms with E-state index in [9.17, 15) is 44.3 Å². The number of carboxylic acid groups (broad SMARTS) is 3. The number of hydrogen-bond acceptors (Lipinski definition) is 9. The van der Waals surface area contributed by atoms with E-state index in [2.05, 4.69) is 66.8 Å². The van der Waals surface area contributed by atoms with Gasteiger partial charge in [0, 0.05) is 32.7 Å². The summed E-state index contributed by atoms with van der Waals surface area (Å²) in [7, 11) is 0. The Morgan fingerprint density at radius 2 is 1.32 bits per heavy atom. The van der Waals surface area contributed by atoms with E-state index >= 15 is 0 Å². The van der Waals surface area contributed by atoms with Gasteiger partial charge < -0.3 is 48.1 Å². The molecule has 4 rings (SSSR count). The molecule has 0 aromatic heterocycles. The third-order valence-electron chi connectivity index (χ3n) is 13.6. The molecule has 3 fully saturated rings. The second kappa shape index (κ2) is 27.5. The van der Waals surface area contributed by atoms with Crippen molar-refractivity contribution in [3.05, 3.63) is 11.6 Å². The molecule has 0 aromatic carbocycles. The van der Waals surface area contributed by atoms with Gasteiger partial charge in [-0.05, 0) is 104 Å². The minimum Gasteiger partial charge on any atom is -0.475 e. The van der Waals surface area contributed by atoms with E-state index < -0.39 is 36.4 Å². The Morgan fingerprint density at radius 3 is 1.81 bits per heavy atom. The van der Waals surface area contributed by atoms with Crippen LogP contribution in [0, 0.1) is 51.7 Å². The zero-order valence-electron chi connectivity index (χ0n) is 39.7. The van der Waals surface area contributed by atoms with Crippen LogP contribution in [0.3, 0.4) is 0 Å². The number of nitrogens with two attached hydrogens (primary N) is 3. The highest BCUT2D eigenvalue weighted by atomic mass is 19.4. The summed E-state index contributed by atoms with van der Waals surface area (Å²) in [5.41, 5.74) is 22.5. The normalized spacial score (nSPS) is 25.0. The molecule has 3 saturated carbocycles. The molecule has 69 heavy (non-hydrogen) atoms. The lowest BCUT2D eigenvalue weighted by Gasteiger charge is -2.58. The number of rotatable bonds is 17. The van der Waals surface area contributed by atoms with Gasteiger partial charge in [-0.15, -0.1) is 0 Å². The molecular formula is C43H71F9N10O7. The molecule has 13 N–H and O–H groups in total. The molecule has 0 aliphatic heterocycles. The number of allylic oxidation sites excluding steroid dienone is 2. The molecule has 0 spiro atoms. The molecule has 7 atom stereocenters. The number of nitrogens with zero attached hydrogens (tertiary/aromatic N) is 3. The van der Waals surface area contributed by atoms with E-state index in [1.807, 2.05) is 0 Å². The van der Waals surface area contributed by atoms with Crippen LogP contribution in [0.15, 0.2) is 21.7 Å². The number of carbonyl (C=O) groups excluding carboxylic acids is 1. The van der Waals surface area contributed by atoms with Gasteiger partial charge in [0.25, 0.3) is 5.91 Å². The van der Waals surface area contributed by atoms with E-state index in [1.165, 1.54) is 57.8 Å². The fraction of sp³-hybridized carbons (Fsp3) is 0.791. The zero-order valence-corrected chi connectivity index (χ0v) is 39.7. The Kier molecular flexibility index (Phi) is 24.8. The van der Waals surface area contributed by atoms with Gasteiger partial charge in [-0.2, -0.15) is 44.6 Å². The summed E-state index contributed by atoms with van der Waals surface area (Å²) in [5, 5.41) is 40.1. The van der Waals surface area contributed by atoms with Gasteiger partial charge in [-0.3, -0.25) is 15.2 Å². The van der Waals surface area contributed by atoms with Crippen molar-refractivity contribution in [3.63, 3.8) is 0 Å². The first-order valence-corrected chi connectivity index (χ1v) is 22.7. The summed E-state index contributed by atoms with van der Waals surface area (Å²) in [6.45, 7) is 16.1. The van der Waals surface area contributed by atoms with Crippen LogP contribution in [-0.2, 0) is 19.2 Å². The van der Waals surface area contributed by atoms with Crippen LogP contribution in [-0.4, -0.2) is 126 Å². The van der Waals surface area contributed by atoms with Crippen LogP contribution in [0.1, 0.15) is 105 Å². The van der Waals surface area contributed by atoms with Crippen LogP contribution in [0.25, 0.3) is 0 Å². The predicted molar refractivity (Wildman–Crippen MR) is 240 cm³/mol. The van der Waals surface area contributed by atoms with Crippen molar-refractivity contribution >= 4 is 41.4 Å². The molecule has 26 heteroatoms.